The lowest BCUT2D eigenvalue weighted by atomic mass is 10.00. The van der Waals surface area contributed by atoms with Crippen LogP contribution in [0.4, 0.5) is 10.2 Å². The summed E-state index contributed by atoms with van der Waals surface area (Å²) >= 11 is 7.80. The molecule has 1 aliphatic heterocycles. The molecule has 0 aliphatic carbocycles. The maximum atomic E-state index is 13.6. The van der Waals surface area contributed by atoms with E-state index in [-0.39, 0.29) is 17.0 Å². The summed E-state index contributed by atoms with van der Waals surface area (Å²) in [6.45, 7) is 0. The molecular formula is C24H17ClFN3OS. The van der Waals surface area contributed by atoms with Gasteiger partial charge >= 0.3 is 0 Å². The van der Waals surface area contributed by atoms with Crippen LogP contribution < -0.4 is 5.32 Å². The fourth-order valence-electron chi connectivity index (χ4n) is 3.72. The molecule has 1 aliphatic rings. The molecule has 0 spiro atoms. The predicted molar refractivity (Wildman–Crippen MR) is 123 cm³/mol. The summed E-state index contributed by atoms with van der Waals surface area (Å²) in [5.41, 5.74) is 4.14. The van der Waals surface area contributed by atoms with Gasteiger partial charge in [0.05, 0.1) is 22.4 Å². The number of halogens is 2. The molecule has 1 amide bonds. The van der Waals surface area contributed by atoms with Gasteiger partial charge in [-0.15, -0.1) is 11.8 Å². The molecule has 5 rings (SSSR count). The second-order valence-corrected chi connectivity index (χ2v) is 8.69. The van der Waals surface area contributed by atoms with Crippen LogP contribution in [-0.2, 0) is 4.79 Å². The van der Waals surface area contributed by atoms with E-state index < -0.39 is 0 Å². The van der Waals surface area contributed by atoms with Gasteiger partial charge in [-0.05, 0) is 54.1 Å². The van der Waals surface area contributed by atoms with Crippen LogP contribution in [0.3, 0.4) is 0 Å². The first-order valence-corrected chi connectivity index (χ1v) is 11.1. The minimum Gasteiger partial charge on any atom is -0.310 e. The molecule has 4 nitrogen and oxygen atoms in total. The molecule has 0 saturated heterocycles. The van der Waals surface area contributed by atoms with Gasteiger partial charge in [0.1, 0.15) is 11.6 Å². The molecule has 0 saturated carbocycles. The number of benzene rings is 3. The van der Waals surface area contributed by atoms with Crippen molar-refractivity contribution < 1.29 is 9.18 Å². The van der Waals surface area contributed by atoms with E-state index in [0.29, 0.717) is 22.3 Å². The Morgan fingerprint density at radius 1 is 1.03 bits per heavy atom. The predicted octanol–water partition coefficient (Wildman–Crippen LogP) is 6.11. The lowest BCUT2D eigenvalue weighted by Crippen LogP contribution is -2.15. The quantitative estimate of drug-likeness (QED) is 0.410. The van der Waals surface area contributed by atoms with Crippen LogP contribution in [0.15, 0.2) is 78.9 Å². The Bertz CT molecular complexity index is 1260. The third-order valence-electron chi connectivity index (χ3n) is 5.09. The molecule has 3 aromatic carbocycles. The van der Waals surface area contributed by atoms with Gasteiger partial charge in [0.2, 0.25) is 5.91 Å². The highest BCUT2D eigenvalue weighted by molar-refractivity contribution is 8.00. The minimum atomic E-state index is -0.314. The largest absolute Gasteiger partial charge is 0.310 e. The molecule has 0 radical (unpaired) electrons. The average molecular weight is 450 g/mol. The number of nitrogens with one attached hydrogen (secondary N) is 1. The van der Waals surface area contributed by atoms with Gasteiger partial charge in [0.15, 0.2) is 0 Å². The molecule has 1 aromatic heterocycles. The zero-order valence-electron chi connectivity index (χ0n) is 16.3. The SMILES string of the molecule is O=C1CSC(c2cccc(Cl)c2)c2c(-c3ccc(F)cc3)nn(-c3ccccc3)c2N1. The summed E-state index contributed by atoms with van der Waals surface area (Å²) < 4.78 is 15.4. The lowest BCUT2D eigenvalue weighted by Gasteiger charge is -2.16. The van der Waals surface area contributed by atoms with E-state index in [1.54, 1.807) is 16.8 Å². The number of anilines is 1. The van der Waals surface area contributed by atoms with Crippen molar-refractivity contribution in [1.82, 2.24) is 9.78 Å². The Morgan fingerprint density at radius 3 is 2.55 bits per heavy atom. The van der Waals surface area contributed by atoms with Gasteiger partial charge in [0, 0.05) is 16.1 Å². The summed E-state index contributed by atoms with van der Waals surface area (Å²) in [4.78, 5) is 12.6. The summed E-state index contributed by atoms with van der Waals surface area (Å²) in [7, 11) is 0. The number of nitrogens with zero attached hydrogens (tertiary/aromatic N) is 2. The standard InChI is InChI=1S/C24H17ClFN3OS/c25-17-6-4-5-16(13-17)23-21-22(15-9-11-18(26)12-10-15)28-29(19-7-2-1-3-8-19)24(21)27-20(30)14-31-23/h1-13,23H,14H2,(H,27,30). The Labute approximate surface area is 188 Å². The van der Waals surface area contributed by atoms with Crippen molar-refractivity contribution in [2.75, 3.05) is 11.1 Å². The fourth-order valence-corrected chi connectivity index (χ4v) is 5.04. The first kappa shape index (κ1) is 19.8. The number of hydrogen-bond donors (Lipinski definition) is 1. The van der Waals surface area contributed by atoms with E-state index in [1.165, 1.54) is 23.9 Å². The van der Waals surface area contributed by atoms with Crippen LogP contribution >= 0.6 is 23.4 Å². The van der Waals surface area contributed by atoms with E-state index in [4.69, 9.17) is 16.7 Å². The van der Waals surface area contributed by atoms with E-state index in [1.807, 2.05) is 54.6 Å². The van der Waals surface area contributed by atoms with Gasteiger partial charge in [-0.25, -0.2) is 9.07 Å². The number of fused-ring (bicyclic) bond motifs is 1. The number of para-hydroxylation sites is 1. The summed E-state index contributed by atoms with van der Waals surface area (Å²) in [5, 5.41) is 8.36. The number of carbonyl (C=O) groups excluding carboxylic acids is 1. The van der Waals surface area contributed by atoms with Gasteiger partial charge < -0.3 is 5.32 Å². The van der Waals surface area contributed by atoms with Gasteiger partial charge in [0.25, 0.3) is 0 Å². The monoisotopic (exact) mass is 449 g/mol. The highest BCUT2D eigenvalue weighted by atomic mass is 35.5. The van der Waals surface area contributed by atoms with Crippen molar-refractivity contribution in [2.24, 2.45) is 0 Å². The van der Waals surface area contributed by atoms with Crippen molar-refractivity contribution in [3.63, 3.8) is 0 Å². The highest BCUT2D eigenvalue weighted by Crippen LogP contribution is 2.47. The van der Waals surface area contributed by atoms with Gasteiger partial charge in [-0.3, -0.25) is 4.79 Å². The van der Waals surface area contributed by atoms with Gasteiger partial charge in [-0.1, -0.05) is 41.9 Å². The maximum Gasteiger partial charge on any atom is 0.235 e. The molecule has 31 heavy (non-hydrogen) atoms. The van der Waals surface area contributed by atoms with E-state index in [9.17, 15) is 9.18 Å². The number of carbonyl (C=O) groups is 1. The smallest absolute Gasteiger partial charge is 0.235 e. The third kappa shape index (κ3) is 3.84. The van der Waals surface area contributed by atoms with Crippen molar-refractivity contribution >= 4 is 35.1 Å². The first-order chi connectivity index (χ1) is 15.1. The topological polar surface area (TPSA) is 46.9 Å². The van der Waals surface area contributed by atoms with Crippen molar-refractivity contribution in [2.45, 2.75) is 5.25 Å². The summed E-state index contributed by atoms with van der Waals surface area (Å²) in [5.74, 6) is 0.499. The molecule has 7 heteroatoms. The van der Waals surface area contributed by atoms with E-state index >= 15 is 0 Å². The second-order valence-electron chi connectivity index (χ2n) is 7.16. The summed E-state index contributed by atoms with van der Waals surface area (Å²) in [6, 6.07) is 23.5. The Hall–Kier alpha value is -3.09. The Kier molecular flexibility index (Phi) is 5.26. The molecule has 1 unspecified atom stereocenters. The highest BCUT2D eigenvalue weighted by Gasteiger charge is 2.32. The minimum absolute atomic E-state index is 0.0986. The van der Waals surface area contributed by atoms with Crippen LogP contribution in [0, 0.1) is 5.82 Å². The molecule has 4 aromatic rings. The normalized spacial score (nSPS) is 15.8. The van der Waals surface area contributed by atoms with Gasteiger partial charge in [-0.2, -0.15) is 5.10 Å². The van der Waals surface area contributed by atoms with Crippen molar-refractivity contribution in [3.8, 4) is 16.9 Å². The molecule has 0 bridgehead atoms. The fraction of sp³-hybridized carbons (Fsp3) is 0.0833. The molecule has 154 valence electrons. The van der Waals surface area contributed by atoms with Crippen LogP contribution in [0.5, 0.6) is 0 Å². The van der Waals surface area contributed by atoms with Crippen LogP contribution in [0.25, 0.3) is 16.9 Å². The average Bonchev–Trinajstić information content (AvgIpc) is 3.04. The number of rotatable bonds is 3. The zero-order chi connectivity index (χ0) is 21.4. The first-order valence-electron chi connectivity index (χ1n) is 9.71. The third-order valence-corrected chi connectivity index (χ3v) is 6.60. The number of hydrogen-bond acceptors (Lipinski definition) is 3. The zero-order valence-corrected chi connectivity index (χ0v) is 17.8. The number of thioether (sulfide) groups is 1. The maximum absolute atomic E-state index is 13.6. The molecular weight excluding hydrogens is 433 g/mol. The molecule has 0 fully saturated rings. The lowest BCUT2D eigenvalue weighted by molar-refractivity contribution is -0.113. The number of amides is 1. The Morgan fingerprint density at radius 2 is 1.81 bits per heavy atom. The van der Waals surface area contributed by atoms with Crippen molar-refractivity contribution in [1.29, 1.82) is 0 Å². The van der Waals surface area contributed by atoms with Crippen LogP contribution in [-0.4, -0.2) is 21.4 Å². The van der Waals surface area contributed by atoms with E-state index in [0.717, 1.165) is 22.4 Å². The van der Waals surface area contributed by atoms with Crippen molar-refractivity contribution in [3.05, 3.63) is 101 Å². The van der Waals surface area contributed by atoms with Crippen LogP contribution in [0.2, 0.25) is 5.02 Å². The van der Waals surface area contributed by atoms with E-state index in [2.05, 4.69) is 5.32 Å². The Balaban J connectivity index is 1.79. The molecule has 1 atom stereocenters. The summed E-state index contributed by atoms with van der Waals surface area (Å²) in [6.07, 6.45) is 0. The molecule has 1 N–H and O–H groups in total. The van der Waals surface area contributed by atoms with Crippen LogP contribution in [0.1, 0.15) is 16.4 Å². The number of aromatic nitrogens is 2. The molecule has 2 heterocycles. The second kappa shape index (κ2) is 8.21.